The Balaban J connectivity index is 0.00000512. The maximum absolute atomic E-state index is 12.8. The molecule has 1 aromatic carbocycles. The molecule has 32 heavy (non-hydrogen) atoms. The summed E-state index contributed by atoms with van der Waals surface area (Å²) in [6, 6.07) is 3.76. The summed E-state index contributed by atoms with van der Waals surface area (Å²) in [5.74, 6) is -0.780. The van der Waals surface area contributed by atoms with E-state index in [2.05, 4.69) is 20.6 Å². The van der Waals surface area contributed by atoms with E-state index in [4.69, 9.17) is 9.47 Å². The Labute approximate surface area is 206 Å². The van der Waals surface area contributed by atoms with Gasteiger partial charge in [-0.05, 0) is 18.2 Å². The van der Waals surface area contributed by atoms with E-state index >= 15 is 0 Å². The topological polar surface area (TPSA) is 169 Å². The number of nitrogens with one attached hydrogen (secondary N) is 3. The van der Waals surface area contributed by atoms with Crippen LogP contribution in [-0.4, -0.2) is 99.5 Å². The van der Waals surface area contributed by atoms with Crippen LogP contribution in [0.5, 0.6) is 11.8 Å². The molecule has 2 aromatic rings. The summed E-state index contributed by atoms with van der Waals surface area (Å²) in [5, 5.41) is 4.44. The van der Waals surface area contributed by atoms with Crippen LogP contribution in [-0.2, 0) is 14.8 Å². The quantitative estimate of drug-likeness (QED) is 0.340. The summed E-state index contributed by atoms with van der Waals surface area (Å²) in [6.45, 7) is 0. The van der Waals surface area contributed by atoms with Gasteiger partial charge in [0, 0.05) is 19.8 Å². The molecule has 15 heteroatoms. The first-order chi connectivity index (χ1) is 14.6. The number of rotatable bonds is 8. The van der Waals surface area contributed by atoms with Crippen molar-refractivity contribution in [2.45, 2.75) is 4.90 Å². The number of urea groups is 1. The molecule has 0 spiro atoms. The van der Waals surface area contributed by atoms with Gasteiger partial charge in [0.05, 0.1) is 25.8 Å². The normalized spacial score (nSPS) is 10.2. The zero-order chi connectivity index (χ0) is 23.2. The Morgan fingerprint density at radius 2 is 1.66 bits per heavy atom. The van der Waals surface area contributed by atoms with Gasteiger partial charge in [0.25, 0.3) is 15.9 Å². The van der Waals surface area contributed by atoms with E-state index in [0.717, 1.165) is 11.0 Å². The van der Waals surface area contributed by atoms with Crippen molar-refractivity contribution in [3.05, 3.63) is 29.8 Å². The molecule has 1 heterocycles. The number of methoxy groups -OCH3 is 2. The second-order valence-electron chi connectivity index (χ2n) is 6.01. The Hall–Kier alpha value is -2.94. The summed E-state index contributed by atoms with van der Waals surface area (Å²) in [5.41, 5.74) is -0.104. The van der Waals surface area contributed by atoms with Gasteiger partial charge < -0.3 is 19.7 Å². The second-order valence-corrected chi connectivity index (χ2v) is 7.66. The van der Waals surface area contributed by atoms with E-state index < -0.39 is 26.9 Å². The van der Waals surface area contributed by atoms with E-state index in [0.29, 0.717) is 6.41 Å². The fourth-order valence-electron chi connectivity index (χ4n) is 2.29. The van der Waals surface area contributed by atoms with Crippen molar-refractivity contribution in [3.63, 3.8) is 0 Å². The molecule has 0 unspecified atom stereocenters. The molecule has 4 amide bonds. The molecule has 0 saturated carbocycles. The van der Waals surface area contributed by atoms with Crippen molar-refractivity contribution in [3.8, 4) is 11.8 Å². The molecular formula is C17H21N6NaO7S. The van der Waals surface area contributed by atoms with Gasteiger partial charge in [0.1, 0.15) is 4.90 Å². The van der Waals surface area contributed by atoms with E-state index in [1.165, 1.54) is 46.5 Å². The molecule has 0 radical (unpaired) electrons. The molecule has 0 atom stereocenters. The summed E-state index contributed by atoms with van der Waals surface area (Å²) >= 11 is 0. The maximum atomic E-state index is 12.8. The number of hydrogen-bond acceptors (Lipinski definition) is 9. The minimum atomic E-state index is -4.54. The van der Waals surface area contributed by atoms with Crippen LogP contribution in [0.3, 0.4) is 0 Å². The van der Waals surface area contributed by atoms with Gasteiger partial charge >= 0.3 is 35.6 Å². The molecule has 13 nitrogen and oxygen atoms in total. The van der Waals surface area contributed by atoms with Crippen molar-refractivity contribution in [2.75, 3.05) is 38.9 Å². The van der Waals surface area contributed by atoms with Crippen molar-refractivity contribution >= 4 is 69.6 Å². The van der Waals surface area contributed by atoms with Crippen LogP contribution in [0.1, 0.15) is 10.4 Å². The number of benzene rings is 1. The van der Waals surface area contributed by atoms with Crippen molar-refractivity contribution in [1.29, 1.82) is 0 Å². The zero-order valence-corrected chi connectivity index (χ0v) is 17.8. The molecule has 168 valence electrons. The number of carbonyl (C=O) groups is 3. The average Bonchev–Trinajstić information content (AvgIpc) is 2.72. The number of anilines is 2. The summed E-state index contributed by atoms with van der Waals surface area (Å²) in [4.78, 5) is 43.8. The molecule has 3 N–H and O–H groups in total. The van der Waals surface area contributed by atoms with Crippen molar-refractivity contribution < 1.29 is 32.3 Å². The van der Waals surface area contributed by atoms with Crippen LogP contribution < -0.4 is 24.8 Å². The minimum absolute atomic E-state index is 0. The molecule has 0 aliphatic rings. The predicted molar refractivity (Wildman–Crippen MR) is 116 cm³/mol. The first-order valence-corrected chi connectivity index (χ1v) is 9.96. The third-order valence-corrected chi connectivity index (χ3v) is 5.05. The molecule has 0 bridgehead atoms. The van der Waals surface area contributed by atoms with Gasteiger partial charge in [-0.1, -0.05) is 0 Å². The van der Waals surface area contributed by atoms with Crippen LogP contribution in [0, 0.1) is 0 Å². The standard InChI is InChI=1S/C17H20N6O7S.Na.H/c1-23(2)15(25)11-6-5-10(18-9-24)7-12(11)31(27,28)22-17(26)21-16-19-13(29-3)8-14(20-16)30-4;;/h5-9H,1-4H3,(H,18,24)(H2,19,20,21,22,26);;. The number of carbonyl (C=O) groups excluding carboxylic acids is 3. The molecule has 0 saturated heterocycles. The third-order valence-electron chi connectivity index (χ3n) is 3.68. The van der Waals surface area contributed by atoms with Crippen LogP contribution in [0.25, 0.3) is 0 Å². The molecule has 2 rings (SSSR count). The fourth-order valence-corrected chi connectivity index (χ4v) is 3.43. The SMILES string of the molecule is COc1cc(OC)nc(NC(=O)NS(=O)(=O)c2cc(NC=O)ccc2C(=O)N(C)C)n1.[NaH]. The number of sulfonamides is 1. The number of nitrogens with zero attached hydrogens (tertiary/aromatic N) is 3. The fraction of sp³-hybridized carbons (Fsp3) is 0.235. The van der Waals surface area contributed by atoms with Crippen LogP contribution >= 0.6 is 0 Å². The third kappa shape index (κ3) is 6.78. The summed E-state index contributed by atoms with van der Waals surface area (Å²) in [6.07, 6.45) is 0.340. The van der Waals surface area contributed by atoms with Crippen LogP contribution in [0.15, 0.2) is 29.2 Å². The Bertz CT molecular complexity index is 1090. The predicted octanol–water partition coefficient (Wildman–Crippen LogP) is -0.374. The molecule has 0 aliphatic carbocycles. The number of aromatic nitrogens is 2. The summed E-state index contributed by atoms with van der Waals surface area (Å²) in [7, 11) is 0.991. The molecule has 0 aliphatic heterocycles. The summed E-state index contributed by atoms with van der Waals surface area (Å²) < 4.78 is 37.3. The molecule has 1 aromatic heterocycles. The number of hydrogen-bond donors (Lipinski definition) is 3. The first-order valence-electron chi connectivity index (χ1n) is 8.48. The number of ether oxygens (including phenoxy) is 2. The zero-order valence-electron chi connectivity index (χ0n) is 17.0. The van der Waals surface area contributed by atoms with Crippen LogP contribution in [0.2, 0.25) is 0 Å². The van der Waals surface area contributed by atoms with Gasteiger partial charge in [-0.25, -0.2) is 17.9 Å². The van der Waals surface area contributed by atoms with E-state index in [1.54, 1.807) is 4.72 Å². The van der Waals surface area contributed by atoms with E-state index in [1.807, 2.05) is 0 Å². The van der Waals surface area contributed by atoms with Crippen molar-refractivity contribution in [1.82, 2.24) is 19.6 Å². The average molecular weight is 476 g/mol. The van der Waals surface area contributed by atoms with Gasteiger partial charge in [0.2, 0.25) is 24.1 Å². The van der Waals surface area contributed by atoms with Crippen LogP contribution in [0.4, 0.5) is 16.4 Å². The van der Waals surface area contributed by atoms with Gasteiger partial charge in [0.15, 0.2) is 0 Å². The Morgan fingerprint density at radius 3 is 2.16 bits per heavy atom. The second kappa shape index (κ2) is 11.6. The first kappa shape index (κ1) is 27.1. The van der Waals surface area contributed by atoms with E-state index in [9.17, 15) is 22.8 Å². The molecule has 0 fully saturated rings. The Morgan fingerprint density at radius 1 is 1.06 bits per heavy atom. The van der Waals surface area contributed by atoms with E-state index in [-0.39, 0.29) is 58.5 Å². The number of amides is 4. The molecular weight excluding hydrogens is 455 g/mol. The van der Waals surface area contributed by atoms with Crippen molar-refractivity contribution in [2.24, 2.45) is 0 Å². The van der Waals surface area contributed by atoms with Gasteiger partial charge in [-0.2, -0.15) is 9.97 Å². The Kier molecular flexibility index (Phi) is 9.83. The van der Waals surface area contributed by atoms with Gasteiger partial charge in [-0.3, -0.25) is 14.9 Å². The van der Waals surface area contributed by atoms with Gasteiger partial charge in [-0.15, -0.1) is 0 Å². The monoisotopic (exact) mass is 476 g/mol.